The summed E-state index contributed by atoms with van der Waals surface area (Å²) in [4.78, 5) is 14.1. The van der Waals surface area contributed by atoms with Gasteiger partial charge in [-0.1, -0.05) is 13.8 Å². The second kappa shape index (κ2) is 7.42. The van der Waals surface area contributed by atoms with Gasteiger partial charge in [0.2, 0.25) is 0 Å². The lowest BCUT2D eigenvalue weighted by molar-refractivity contribution is -0.0201. The molecule has 2 aliphatic rings. The number of nitrogens with one attached hydrogen (secondary N) is 1. The largest absolute Gasteiger partial charge is 0.444 e. The molecule has 134 valence electrons. The molecule has 0 radical (unpaired) electrons. The lowest BCUT2D eigenvalue weighted by Gasteiger charge is -2.53. The van der Waals surface area contributed by atoms with E-state index in [1.165, 1.54) is 45.2 Å². The van der Waals surface area contributed by atoms with Crippen molar-refractivity contribution in [2.24, 2.45) is 17.3 Å². The Labute approximate surface area is 142 Å². The molecule has 1 saturated heterocycles. The van der Waals surface area contributed by atoms with Crippen LogP contribution in [0.1, 0.15) is 66.7 Å². The summed E-state index contributed by atoms with van der Waals surface area (Å²) >= 11 is 0. The molecule has 0 bridgehead atoms. The van der Waals surface area contributed by atoms with E-state index in [0.29, 0.717) is 12.0 Å². The summed E-state index contributed by atoms with van der Waals surface area (Å²) in [7, 11) is 0. The van der Waals surface area contributed by atoms with Crippen LogP contribution in [0.4, 0.5) is 4.79 Å². The Morgan fingerprint density at radius 2 is 1.87 bits per heavy atom. The summed E-state index contributed by atoms with van der Waals surface area (Å²) in [5.41, 5.74) is 0.243. The molecule has 0 aromatic rings. The topological polar surface area (TPSA) is 41.6 Å². The molecular formula is C19H36N2O2. The molecule has 0 unspecified atom stereocenters. The van der Waals surface area contributed by atoms with Gasteiger partial charge in [0.05, 0.1) is 0 Å². The van der Waals surface area contributed by atoms with E-state index in [-0.39, 0.29) is 6.09 Å². The third kappa shape index (κ3) is 5.98. The van der Waals surface area contributed by atoms with Gasteiger partial charge >= 0.3 is 6.09 Å². The van der Waals surface area contributed by atoms with E-state index in [9.17, 15) is 4.79 Å². The summed E-state index contributed by atoms with van der Waals surface area (Å²) in [6, 6.07) is 0. The molecule has 1 amide bonds. The van der Waals surface area contributed by atoms with Gasteiger partial charge in [-0.3, -0.25) is 0 Å². The number of nitrogens with zero attached hydrogens (tertiary/aromatic N) is 1. The molecule has 0 aromatic carbocycles. The molecule has 1 aliphatic heterocycles. The van der Waals surface area contributed by atoms with Crippen molar-refractivity contribution in [3.8, 4) is 0 Å². The third-order valence-electron chi connectivity index (χ3n) is 5.26. The molecule has 2 fully saturated rings. The van der Waals surface area contributed by atoms with Crippen molar-refractivity contribution < 1.29 is 9.53 Å². The van der Waals surface area contributed by atoms with Crippen LogP contribution in [-0.2, 0) is 4.74 Å². The number of alkyl carbamates (subject to hydrolysis) is 1. The van der Waals surface area contributed by atoms with E-state index in [4.69, 9.17) is 4.74 Å². The van der Waals surface area contributed by atoms with Crippen LogP contribution in [0.25, 0.3) is 0 Å². The highest BCUT2D eigenvalue weighted by Crippen LogP contribution is 2.54. The highest BCUT2D eigenvalue weighted by atomic mass is 16.6. The minimum atomic E-state index is -0.418. The molecule has 1 spiro atoms. The van der Waals surface area contributed by atoms with Crippen LogP contribution in [-0.4, -0.2) is 42.8 Å². The second-order valence-electron chi connectivity index (χ2n) is 9.17. The van der Waals surface area contributed by atoms with E-state index >= 15 is 0 Å². The average molecular weight is 325 g/mol. The quantitative estimate of drug-likeness (QED) is 0.829. The van der Waals surface area contributed by atoms with Gasteiger partial charge in [-0.25, -0.2) is 4.79 Å². The molecule has 1 heterocycles. The molecule has 4 heteroatoms. The first kappa shape index (κ1) is 18.6. The van der Waals surface area contributed by atoms with Gasteiger partial charge in [0, 0.05) is 13.1 Å². The van der Waals surface area contributed by atoms with E-state index in [1.807, 2.05) is 20.8 Å². The fourth-order valence-corrected chi connectivity index (χ4v) is 4.29. The van der Waals surface area contributed by atoms with Crippen LogP contribution >= 0.6 is 0 Å². The van der Waals surface area contributed by atoms with Crippen molar-refractivity contribution in [1.29, 1.82) is 0 Å². The molecule has 2 rings (SSSR count). The summed E-state index contributed by atoms with van der Waals surface area (Å²) in [5, 5.41) is 2.86. The molecule has 1 N–H and O–H groups in total. The second-order valence-corrected chi connectivity index (χ2v) is 9.17. The Morgan fingerprint density at radius 1 is 1.26 bits per heavy atom. The highest BCUT2D eigenvalue weighted by molar-refractivity contribution is 5.67. The molecule has 0 atom stereocenters. The number of carbonyl (C=O) groups is 1. The average Bonchev–Trinajstić information content (AvgIpc) is 2.36. The van der Waals surface area contributed by atoms with Crippen LogP contribution < -0.4 is 5.32 Å². The number of amides is 1. The highest BCUT2D eigenvalue weighted by Gasteiger charge is 2.45. The zero-order chi connectivity index (χ0) is 17.1. The van der Waals surface area contributed by atoms with Crippen molar-refractivity contribution in [3.05, 3.63) is 0 Å². The lowest BCUT2D eigenvalue weighted by Crippen LogP contribution is -2.48. The predicted molar refractivity (Wildman–Crippen MR) is 94.5 cm³/mol. The first-order valence-electron chi connectivity index (χ1n) is 9.37. The van der Waals surface area contributed by atoms with E-state index < -0.39 is 5.60 Å². The molecule has 23 heavy (non-hydrogen) atoms. The first-order chi connectivity index (χ1) is 10.7. The molecule has 0 aromatic heterocycles. The Balaban J connectivity index is 1.58. The van der Waals surface area contributed by atoms with Crippen molar-refractivity contribution in [2.75, 3.05) is 26.2 Å². The number of hydrogen-bond donors (Lipinski definition) is 1. The number of hydrogen-bond acceptors (Lipinski definition) is 3. The monoisotopic (exact) mass is 324 g/mol. The number of carbonyl (C=O) groups excluding carboxylic acids is 1. The minimum Gasteiger partial charge on any atom is -0.444 e. The van der Waals surface area contributed by atoms with Crippen molar-refractivity contribution >= 4 is 6.09 Å². The van der Waals surface area contributed by atoms with Gasteiger partial charge in [-0.2, -0.15) is 0 Å². The van der Waals surface area contributed by atoms with Crippen LogP contribution in [0, 0.1) is 17.3 Å². The lowest BCUT2D eigenvalue weighted by atomic mass is 9.56. The SMILES string of the molecule is CC(C)CC1CC2(CCN(CCNC(=O)OC(C)(C)C)CC2)C1. The fourth-order valence-electron chi connectivity index (χ4n) is 4.29. The first-order valence-corrected chi connectivity index (χ1v) is 9.37. The number of likely N-dealkylation sites (tertiary alicyclic amines) is 1. The Morgan fingerprint density at radius 3 is 2.39 bits per heavy atom. The fraction of sp³-hybridized carbons (Fsp3) is 0.947. The zero-order valence-electron chi connectivity index (χ0n) is 15.8. The van der Waals surface area contributed by atoms with Gasteiger partial charge in [-0.05, 0) is 83.2 Å². The number of rotatable bonds is 5. The maximum absolute atomic E-state index is 11.6. The number of ether oxygens (including phenoxy) is 1. The van der Waals surface area contributed by atoms with Crippen LogP contribution in [0.2, 0.25) is 0 Å². The normalized spacial score (nSPS) is 22.2. The summed E-state index contributed by atoms with van der Waals surface area (Å²) in [5.74, 6) is 1.83. The number of piperidine rings is 1. The van der Waals surface area contributed by atoms with Crippen molar-refractivity contribution in [1.82, 2.24) is 10.2 Å². The van der Waals surface area contributed by atoms with Gasteiger partial charge in [0.15, 0.2) is 0 Å². The molecule has 4 nitrogen and oxygen atoms in total. The summed E-state index contributed by atoms with van der Waals surface area (Å²) in [6.07, 6.45) is 6.69. The smallest absolute Gasteiger partial charge is 0.407 e. The Bertz CT molecular complexity index is 385. The van der Waals surface area contributed by atoms with E-state index in [1.54, 1.807) is 0 Å². The van der Waals surface area contributed by atoms with Crippen molar-refractivity contribution in [3.63, 3.8) is 0 Å². The zero-order valence-corrected chi connectivity index (χ0v) is 15.8. The van der Waals surface area contributed by atoms with E-state index in [0.717, 1.165) is 18.4 Å². The third-order valence-corrected chi connectivity index (χ3v) is 5.26. The van der Waals surface area contributed by atoms with Gasteiger partial charge in [-0.15, -0.1) is 0 Å². The summed E-state index contributed by atoms with van der Waals surface area (Å²) in [6.45, 7) is 14.3. The molecular weight excluding hydrogens is 288 g/mol. The van der Waals surface area contributed by atoms with E-state index in [2.05, 4.69) is 24.1 Å². The van der Waals surface area contributed by atoms with Gasteiger partial charge < -0.3 is 15.0 Å². The maximum atomic E-state index is 11.6. The minimum absolute atomic E-state index is 0.304. The van der Waals surface area contributed by atoms with Crippen LogP contribution in [0.3, 0.4) is 0 Å². The van der Waals surface area contributed by atoms with Gasteiger partial charge in [0.25, 0.3) is 0 Å². The maximum Gasteiger partial charge on any atom is 0.407 e. The van der Waals surface area contributed by atoms with Gasteiger partial charge in [0.1, 0.15) is 5.60 Å². The van der Waals surface area contributed by atoms with Crippen LogP contribution in [0.5, 0.6) is 0 Å². The van der Waals surface area contributed by atoms with Crippen LogP contribution in [0.15, 0.2) is 0 Å². The van der Waals surface area contributed by atoms with Crippen molar-refractivity contribution in [2.45, 2.75) is 72.3 Å². The Hall–Kier alpha value is -0.770. The predicted octanol–water partition coefficient (Wildman–Crippen LogP) is 4.05. The molecule has 1 saturated carbocycles. The molecule has 1 aliphatic carbocycles. The summed E-state index contributed by atoms with van der Waals surface area (Å²) < 4.78 is 5.26. The standard InChI is InChI=1S/C19H36N2O2/c1-15(2)12-16-13-19(14-16)6-9-21(10-7-19)11-8-20-17(22)23-18(3,4)5/h15-16H,6-14H2,1-5H3,(H,20,22). The Kier molecular flexibility index (Phi) is 5.99.